The Labute approximate surface area is 91.6 Å². The van der Waals surface area contributed by atoms with Gasteiger partial charge in [0.1, 0.15) is 10.8 Å². The van der Waals surface area contributed by atoms with Crippen LogP contribution in [0.5, 0.6) is 0 Å². The number of nitrogens with two attached hydrogens (primary N) is 1. The van der Waals surface area contributed by atoms with E-state index >= 15 is 0 Å². The Bertz CT molecular complexity index is 462. The first-order chi connectivity index (χ1) is 7.20. The van der Waals surface area contributed by atoms with E-state index in [0.717, 1.165) is 21.1 Å². The van der Waals surface area contributed by atoms with Gasteiger partial charge in [0.25, 0.3) is 0 Å². The van der Waals surface area contributed by atoms with Crippen LogP contribution in [0.4, 0.5) is 4.39 Å². The second kappa shape index (κ2) is 4.08. The Hall–Kier alpha value is -1.26. The maximum absolute atomic E-state index is 12.7. The van der Waals surface area contributed by atoms with Crippen molar-refractivity contribution in [1.29, 1.82) is 0 Å². The molecule has 0 saturated heterocycles. The van der Waals surface area contributed by atoms with Gasteiger partial charge in [-0.2, -0.15) is 0 Å². The molecule has 2 rings (SSSR count). The van der Waals surface area contributed by atoms with Gasteiger partial charge in [-0.15, -0.1) is 11.3 Å². The molecular formula is C11H11FN2S. The second-order valence-corrected chi connectivity index (χ2v) is 4.32. The molecule has 0 atom stereocenters. The largest absolute Gasteiger partial charge is 0.325 e. The molecule has 2 aromatic rings. The average molecular weight is 222 g/mol. The molecule has 4 heteroatoms. The highest BCUT2D eigenvalue weighted by Gasteiger charge is 2.08. The molecular weight excluding hydrogens is 211 g/mol. The molecule has 0 amide bonds. The van der Waals surface area contributed by atoms with Gasteiger partial charge >= 0.3 is 0 Å². The quantitative estimate of drug-likeness (QED) is 0.848. The van der Waals surface area contributed by atoms with Gasteiger partial charge in [-0.3, -0.25) is 0 Å². The molecule has 2 N–H and O–H groups in total. The van der Waals surface area contributed by atoms with Crippen molar-refractivity contribution in [3.8, 4) is 10.4 Å². The van der Waals surface area contributed by atoms with E-state index < -0.39 is 0 Å². The zero-order valence-electron chi connectivity index (χ0n) is 8.33. The molecule has 0 spiro atoms. The minimum atomic E-state index is -0.222. The van der Waals surface area contributed by atoms with Gasteiger partial charge in [0.05, 0.1) is 10.6 Å². The normalized spacial score (nSPS) is 10.6. The van der Waals surface area contributed by atoms with Crippen LogP contribution in [0.15, 0.2) is 24.3 Å². The summed E-state index contributed by atoms with van der Waals surface area (Å²) in [5.41, 5.74) is 7.46. The lowest BCUT2D eigenvalue weighted by Gasteiger charge is -1.97. The van der Waals surface area contributed by atoms with Gasteiger partial charge in [0.2, 0.25) is 0 Å². The molecule has 0 aliphatic carbocycles. The van der Waals surface area contributed by atoms with Gasteiger partial charge in [0, 0.05) is 6.54 Å². The van der Waals surface area contributed by atoms with Crippen LogP contribution in [0.1, 0.15) is 10.7 Å². The van der Waals surface area contributed by atoms with Gasteiger partial charge in [0.15, 0.2) is 0 Å². The van der Waals surface area contributed by atoms with Crippen molar-refractivity contribution < 1.29 is 4.39 Å². The molecule has 1 aromatic heterocycles. The first-order valence-electron chi connectivity index (χ1n) is 4.63. The standard InChI is InChI=1S/C11H11FN2S/c1-7-11(15-10(6-13)14-7)8-2-4-9(12)5-3-8/h2-5H,6,13H2,1H3. The van der Waals surface area contributed by atoms with E-state index in [-0.39, 0.29) is 5.82 Å². The number of aryl methyl sites for hydroxylation is 1. The number of aromatic nitrogens is 1. The summed E-state index contributed by atoms with van der Waals surface area (Å²) in [5.74, 6) is -0.222. The van der Waals surface area contributed by atoms with Crippen LogP contribution in [0.2, 0.25) is 0 Å². The van der Waals surface area contributed by atoms with Crippen LogP contribution in [0.3, 0.4) is 0 Å². The van der Waals surface area contributed by atoms with E-state index in [0.29, 0.717) is 6.54 Å². The number of halogens is 1. The maximum Gasteiger partial charge on any atom is 0.123 e. The molecule has 0 radical (unpaired) electrons. The number of nitrogens with zero attached hydrogens (tertiary/aromatic N) is 1. The van der Waals surface area contributed by atoms with Crippen molar-refractivity contribution in [3.63, 3.8) is 0 Å². The van der Waals surface area contributed by atoms with Crippen LogP contribution < -0.4 is 5.73 Å². The Kier molecular flexibility index (Phi) is 2.79. The summed E-state index contributed by atoms with van der Waals surface area (Å²) in [5, 5.41) is 0.909. The van der Waals surface area contributed by atoms with E-state index in [2.05, 4.69) is 4.98 Å². The van der Waals surface area contributed by atoms with Crippen molar-refractivity contribution in [3.05, 3.63) is 40.8 Å². The van der Waals surface area contributed by atoms with E-state index in [9.17, 15) is 4.39 Å². The first kappa shape index (κ1) is 10.3. The Balaban J connectivity index is 2.44. The topological polar surface area (TPSA) is 38.9 Å². The summed E-state index contributed by atoms with van der Waals surface area (Å²) in [7, 11) is 0. The van der Waals surface area contributed by atoms with Crippen molar-refractivity contribution in [2.45, 2.75) is 13.5 Å². The van der Waals surface area contributed by atoms with Gasteiger partial charge in [-0.25, -0.2) is 9.37 Å². The number of hydrogen-bond acceptors (Lipinski definition) is 3. The van der Waals surface area contributed by atoms with Gasteiger partial charge in [-0.05, 0) is 24.6 Å². The van der Waals surface area contributed by atoms with Crippen molar-refractivity contribution >= 4 is 11.3 Å². The zero-order chi connectivity index (χ0) is 10.8. The third kappa shape index (κ3) is 2.06. The molecule has 78 valence electrons. The lowest BCUT2D eigenvalue weighted by atomic mass is 10.1. The van der Waals surface area contributed by atoms with Crippen LogP contribution in [-0.4, -0.2) is 4.98 Å². The van der Waals surface area contributed by atoms with E-state index in [1.807, 2.05) is 6.92 Å². The van der Waals surface area contributed by atoms with Gasteiger partial charge < -0.3 is 5.73 Å². The highest BCUT2D eigenvalue weighted by Crippen LogP contribution is 2.29. The zero-order valence-corrected chi connectivity index (χ0v) is 9.14. The third-order valence-corrected chi connectivity index (χ3v) is 3.35. The number of rotatable bonds is 2. The minimum absolute atomic E-state index is 0.222. The van der Waals surface area contributed by atoms with Crippen molar-refractivity contribution in [1.82, 2.24) is 4.98 Å². The summed E-state index contributed by atoms with van der Waals surface area (Å²) in [4.78, 5) is 5.39. The van der Waals surface area contributed by atoms with Crippen molar-refractivity contribution in [2.24, 2.45) is 5.73 Å². The predicted octanol–water partition coefficient (Wildman–Crippen LogP) is 2.72. The first-order valence-corrected chi connectivity index (χ1v) is 5.44. The fourth-order valence-corrected chi connectivity index (χ4v) is 2.36. The third-order valence-electron chi connectivity index (χ3n) is 2.12. The van der Waals surface area contributed by atoms with Crippen molar-refractivity contribution in [2.75, 3.05) is 0 Å². The minimum Gasteiger partial charge on any atom is -0.325 e. The SMILES string of the molecule is Cc1nc(CN)sc1-c1ccc(F)cc1. The molecule has 0 aliphatic heterocycles. The smallest absolute Gasteiger partial charge is 0.123 e. The summed E-state index contributed by atoms with van der Waals surface area (Å²) in [6.07, 6.45) is 0. The average Bonchev–Trinajstić information content (AvgIpc) is 2.61. The molecule has 1 aromatic carbocycles. The van der Waals surface area contributed by atoms with Gasteiger partial charge in [-0.1, -0.05) is 12.1 Å². The monoisotopic (exact) mass is 222 g/mol. The number of benzene rings is 1. The molecule has 1 heterocycles. The molecule has 15 heavy (non-hydrogen) atoms. The van der Waals surface area contributed by atoms with Crippen LogP contribution >= 0.6 is 11.3 Å². The molecule has 0 bridgehead atoms. The lowest BCUT2D eigenvalue weighted by Crippen LogP contribution is -1.94. The van der Waals surface area contributed by atoms with Crippen LogP contribution in [0, 0.1) is 12.7 Å². The Morgan fingerprint density at radius 3 is 2.53 bits per heavy atom. The molecule has 0 saturated carbocycles. The summed E-state index contributed by atoms with van der Waals surface area (Å²) < 4.78 is 12.7. The predicted molar refractivity (Wildman–Crippen MR) is 60.1 cm³/mol. The number of hydrogen-bond donors (Lipinski definition) is 1. The lowest BCUT2D eigenvalue weighted by molar-refractivity contribution is 0.628. The second-order valence-electron chi connectivity index (χ2n) is 3.23. The molecule has 0 aliphatic rings. The van der Waals surface area contributed by atoms with E-state index in [1.165, 1.54) is 12.1 Å². The van der Waals surface area contributed by atoms with Crippen LogP contribution in [0.25, 0.3) is 10.4 Å². The van der Waals surface area contributed by atoms with Crippen LogP contribution in [-0.2, 0) is 6.54 Å². The molecule has 2 nitrogen and oxygen atoms in total. The highest BCUT2D eigenvalue weighted by atomic mass is 32.1. The van der Waals surface area contributed by atoms with E-state index in [4.69, 9.17) is 5.73 Å². The summed E-state index contributed by atoms with van der Waals surface area (Å²) in [6.45, 7) is 2.39. The fourth-order valence-electron chi connectivity index (χ4n) is 1.41. The summed E-state index contributed by atoms with van der Waals surface area (Å²) >= 11 is 1.56. The maximum atomic E-state index is 12.7. The Morgan fingerprint density at radius 1 is 1.33 bits per heavy atom. The fraction of sp³-hybridized carbons (Fsp3) is 0.182. The highest BCUT2D eigenvalue weighted by molar-refractivity contribution is 7.15. The summed E-state index contributed by atoms with van der Waals surface area (Å²) in [6, 6.07) is 6.43. The number of thiazole rings is 1. The molecule has 0 unspecified atom stereocenters. The van der Waals surface area contributed by atoms with E-state index in [1.54, 1.807) is 23.5 Å². The molecule has 0 fully saturated rings. The Morgan fingerprint density at radius 2 is 2.00 bits per heavy atom.